The third-order valence-corrected chi connectivity index (χ3v) is 3.29. The van der Waals surface area contributed by atoms with Gasteiger partial charge in [0.15, 0.2) is 0 Å². The van der Waals surface area contributed by atoms with Gasteiger partial charge in [0.25, 0.3) is 0 Å². The topological polar surface area (TPSA) is 91.9 Å². The van der Waals surface area contributed by atoms with Crippen LogP contribution in [0, 0.1) is 0 Å². The first kappa shape index (κ1) is 14.5. The van der Waals surface area contributed by atoms with Crippen molar-refractivity contribution in [3.8, 4) is 28.6 Å². The fourth-order valence-corrected chi connectivity index (χ4v) is 2.08. The Morgan fingerprint density at radius 3 is 1.74 bits per heavy atom. The number of benzene rings is 2. The van der Waals surface area contributed by atoms with E-state index in [4.69, 9.17) is 4.84 Å². The molecule has 3 N–H and O–H groups in total. The molecule has 0 radical (unpaired) electrons. The number of hydrogen-bond acceptors (Lipinski definition) is 5. The Morgan fingerprint density at radius 2 is 1.22 bits per heavy atom. The fourth-order valence-electron chi connectivity index (χ4n) is 2.08. The van der Waals surface area contributed by atoms with Crippen LogP contribution in [0.1, 0.15) is 10.4 Å². The lowest BCUT2D eigenvalue weighted by Gasteiger charge is -2.07. The van der Waals surface area contributed by atoms with Crippen LogP contribution in [-0.2, 0) is 0 Å². The summed E-state index contributed by atoms with van der Waals surface area (Å²) in [6, 6.07) is 15.7. The van der Waals surface area contributed by atoms with E-state index in [1.807, 2.05) is 0 Å². The van der Waals surface area contributed by atoms with Crippen molar-refractivity contribution in [2.24, 2.45) is 0 Å². The Kier molecular flexibility index (Phi) is 3.64. The summed E-state index contributed by atoms with van der Waals surface area (Å²) in [5.41, 5.74) is 2.02. The minimum atomic E-state index is -0.718. The summed E-state index contributed by atoms with van der Waals surface area (Å²) in [6.45, 7) is 0. The minimum absolute atomic E-state index is 0.181. The van der Waals surface area contributed by atoms with Gasteiger partial charge in [-0.1, -0.05) is 24.3 Å². The van der Waals surface area contributed by atoms with Crippen molar-refractivity contribution >= 4 is 5.97 Å². The summed E-state index contributed by atoms with van der Waals surface area (Å²) in [5, 5.41) is 28.2. The Bertz CT molecular complexity index is 815. The van der Waals surface area contributed by atoms with Gasteiger partial charge in [-0.25, -0.2) is 4.79 Å². The maximum Gasteiger partial charge on any atom is 0.363 e. The molecule has 0 aliphatic carbocycles. The monoisotopic (exact) mass is 311 g/mol. The fraction of sp³-hybridized carbons (Fsp3) is 0. The molecule has 0 aliphatic rings. The van der Waals surface area contributed by atoms with Crippen LogP contribution in [-0.4, -0.2) is 26.0 Å². The van der Waals surface area contributed by atoms with Crippen LogP contribution in [0.15, 0.2) is 60.7 Å². The highest BCUT2D eigenvalue weighted by molar-refractivity contribution is 5.90. The van der Waals surface area contributed by atoms with Crippen LogP contribution >= 0.6 is 0 Å². The van der Waals surface area contributed by atoms with Crippen LogP contribution in [0.5, 0.6) is 17.5 Å². The third-order valence-electron chi connectivity index (χ3n) is 3.29. The SMILES string of the molecule is O=C(On1c(O)ccc1O)c1ccc(-c2ccc(O)cc2)cc1. The first-order valence-corrected chi connectivity index (χ1v) is 6.76. The van der Waals surface area contributed by atoms with Gasteiger partial charge in [0.05, 0.1) is 5.56 Å². The second kappa shape index (κ2) is 5.76. The first-order chi connectivity index (χ1) is 11.0. The Balaban J connectivity index is 1.79. The molecule has 23 heavy (non-hydrogen) atoms. The van der Waals surface area contributed by atoms with E-state index in [0.29, 0.717) is 4.73 Å². The van der Waals surface area contributed by atoms with E-state index in [0.717, 1.165) is 11.1 Å². The number of aromatic hydroxyl groups is 3. The molecule has 2 aromatic carbocycles. The lowest BCUT2D eigenvalue weighted by Crippen LogP contribution is -2.18. The lowest BCUT2D eigenvalue weighted by atomic mass is 10.0. The molecule has 1 aromatic heterocycles. The molecule has 3 aromatic rings. The smallest absolute Gasteiger partial charge is 0.363 e. The zero-order valence-corrected chi connectivity index (χ0v) is 11.9. The molecule has 1 heterocycles. The number of carbonyl (C=O) groups excluding carboxylic acids is 1. The van der Waals surface area contributed by atoms with Crippen molar-refractivity contribution in [2.45, 2.75) is 0 Å². The predicted octanol–water partition coefficient (Wildman–Crippen LogP) is 2.54. The van der Waals surface area contributed by atoms with Gasteiger partial charge in [-0.05, 0) is 35.4 Å². The van der Waals surface area contributed by atoms with Crippen molar-refractivity contribution in [3.05, 3.63) is 66.2 Å². The molecule has 0 bridgehead atoms. The molecule has 0 unspecified atom stereocenters. The van der Waals surface area contributed by atoms with Crippen LogP contribution in [0.4, 0.5) is 0 Å². The number of rotatable bonds is 3. The van der Waals surface area contributed by atoms with Gasteiger partial charge in [0.2, 0.25) is 11.8 Å². The molecule has 0 atom stereocenters. The quantitative estimate of drug-likeness (QED) is 0.691. The molecule has 0 amide bonds. The summed E-state index contributed by atoms with van der Waals surface area (Å²) in [7, 11) is 0. The Morgan fingerprint density at radius 1 is 0.739 bits per heavy atom. The predicted molar refractivity (Wildman–Crippen MR) is 82.2 cm³/mol. The molecule has 116 valence electrons. The van der Waals surface area contributed by atoms with Gasteiger partial charge in [-0.2, -0.15) is 0 Å². The van der Waals surface area contributed by atoms with Gasteiger partial charge in [-0.3, -0.25) is 0 Å². The summed E-state index contributed by atoms with van der Waals surface area (Å²) >= 11 is 0. The lowest BCUT2D eigenvalue weighted by molar-refractivity contribution is 0.0382. The molecule has 6 nitrogen and oxygen atoms in total. The molecular formula is C17H13NO5. The minimum Gasteiger partial charge on any atom is -0.508 e. The van der Waals surface area contributed by atoms with Crippen molar-refractivity contribution in [1.82, 2.24) is 4.73 Å². The van der Waals surface area contributed by atoms with Crippen molar-refractivity contribution in [1.29, 1.82) is 0 Å². The largest absolute Gasteiger partial charge is 0.508 e. The van der Waals surface area contributed by atoms with Crippen LogP contribution in [0.2, 0.25) is 0 Å². The summed E-state index contributed by atoms with van der Waals surface area (Å²) < 4.78 is 0.635. The van der Waals surface area contributed by atoms with E-state index in [1.54, 1.807) is 48.5 Å². The van der Waals surface area contributed by atoms with Crippen LogP contribution in [0.25, 0.3) is 11.1 Å². The standard InChI is InChI=1S/C17H13NO5/c19-14-7-5-12(6-8-14)11-1-3-13(4-2-11)17(22)23-18-15(20)9-10-16(18)21/h1-10,19-21H. The molecule has 3 rings (SSSR count). The van der Waals surface area contributed by atoms with Gasteiger partial charge in [0, 0.05) is 12.1 Å². The molecular weight excluding hydrogens is 298 g/mol. The van der Waals surface area contributed by atoms with Crippen molar-refractivity contribution in [3.63, 3.8) is 0 Å². The summed E-state index contributed by atoms with van der Waals surface area (Å²) in [6.07, 6.45) is 0. The molecule has 0 aliphatic heterocycles. The maximum atomic E-state index is 12.0. The maximum absolute atomic E-state index is 12.0. The van der Waals surface area contributed by atoms with Gasteiger partial charge in [0.1, 0.15) is 5.75 Å². The van der Waals surface area contributed by atoms with Gasteiger partial charge < -0.3 is 20.2 Å². The number of carbonyl (C=O) groups is 1. The van der Waals surface area contributed by atoms with Gasteiger partial charge in [-0.15, -0.1) is 4.73 Å². The average Bonchev–Trinajstić information content (AvgIpc) is 2.87. The van der Waals surface area contributed by atoms with Crippen molar-refractivity contribution < 1.29 is 25.0 Å². The molecule has 0 spiro atoms. The molecule has 6 heteroatoms. The number of phenols is 1. The van der Waals surface area contributed by atoms with Crippen molar-refractivity contribution in [2.75, 3.05) is 0 Å². The van der Waals surface area contributed by atoms with Crippen LogP contribution < -0.4 is 4.84 Å². The van der Waals surface area contributed by atoms with E-state index in [-0.39, 0.29) is 23.1 Å². The van der Waals surface area contributed by atoms with E-state index >= 15 is 0 Å². The first-order valence-electron chi connectivity index (χ1n) is 6.76. The van der Waals surface area contributed by atoms with E-state index in [2.05, 4.69) is 0 Å². The Labute approximate surface area is 131 Å². The van der Waals surface area contributed by atoms with E-state index in [1.165, 1.54) is 12.1 Å². The highest BCUT2D eigenvalue weighted by atomic mass is 16.7. The van der Waals surface area contributed by atoms with Crippen LogP contribution in [0.3, 0.4) is 0 Å². The second-order valence-electron chi connectivity index (χ2n) is 4.85. The van der Waals surface area contributed by atoms with E-state index < -0.39 is 5.97 Å². The average molecular weight is 311 g/mol. The number of nitrogens with zero attached hydrogens (tertiary/aromatic N) is 1. The number of phenolic OH excluding ortho intramolecular Hbond substituents is 1. The highest BCUT2D eigenvalue weighted by Crippen LogP contribution is 2.23. The van der Waals surface area contributed by atoms with E-state index in [9.17, 15) is 20.1 Å². The Hall–Kier alpha value is -3.41. The molecule has 0 saturated carbocycles. The zero-order valence-electron chi connectivity index (χ0n) is 11.9. The summed E-state index contributed by atoms with van der Waals surface area (Å²) in [4.78, 5) is 16.9. The summed E-state index contributed by atoms with van der Waals surface area (Å²) in [5.74, 6) is -1.29. The third kappa shape index (κ3) is 2.96. The second-order valence-corrected chi connectivity index (χ2v) is 4.85. The number of hydrogen-bond donors (Lipinski definition) is 3. The molecule has 0 saturated heterocycles. The highest BCUT2D eigenvalue weighted by Gasteiger charge is 2.14. The zero-order chi connectivity index (χ0) is 16.4. The normalized spacial score (nSPS) is 10.4. The number of aromatic nitrogens is 1. The van der Waals surface area contributed by atoms with Gasteiger partial charge >= 0.3 is 5.97 Å². The molecule has 0 fully saturated rings.